The molecule has 0 radical (unpaired) electrons. The number of aliphatic hydroxyl groups excluding tert-OH is 1. The fraction of sp³-hybridized carbons (Fsp3) is 0.263. The second-order valence-corrected chi connectivity index (χ2v) is 5.89. The standard InChI is InChI=1S/C19H21N5O/c1-14-16(10-17(12-20)23(14)2)13-21-19-11-18(22-24(19)8-9-25)15-6-4-3-5-7-15/h3-7,10-11,21,25H,8-9,13H2,1-2H3. The SMILES string of the molecule is Cc1c(CNc2cc(-c3ccccc3)nn2CCO)cc(C#N)n1C. The van der Waals surface area contributed by atoms with Crippen LogP contribution >= 0.6 is 0 Å². The maximum absolute atomic E-state index is 9.30. The van der Waals surface area contributed by atoms with Crippen molar-refractivity contribution in [1.82, 2.24) is 14.3 Å². The van der Waals surface area contributed by atoms with Crippen molar-refractivity contribution < 1.29 is 5.11 Å². The number of hydrogen-bond donors (Lipinski definition) is 2. The number of nitrogens with zero attached hydrogens (tertiary/aromatic N) is 4. The van der Waals surface area contributed by atoms with E-state index in [2.05, 4.69) is 16.5 Å². The largest absolute Gasteiger partial charge is 0.394 e. The molecule has 0 aliphatic heterocycles. The predicted molar refractivity (Wildman–Crippen MR) is 96.9 cm³/mol. The van der Waals surface area contributed by atoms with E-state index in [0.717, 1.165) is 28.3 Å². The van der Waals surface area contributed by atoms with Crippen LogP contribution in [0.4, 0.5) is 5.82 Å². The lowest BCUT2D eigenvalue weighted by Gasteiger charge is -2.08. The van der Waals surface area contributed by atoms with E-state index >= 15 is 0 Å². The Morgan fingerprint density at radius 3 is 2.64 bits per heavy atom. The Balaban J connectivity index is 1.84. The molecule has 2 N–H and O–H groups in total. The third-order valence-electron chi connectivity index (χ3n) is 4.38. The van der Waals surface area contributed by atoms with Crippen molar-refractivity contribution in [2.45, 2.75) is 20.0 Å². The molecule has 3 aromatic rings. The van der Waals surface area contributed by atoms with Gasteiger partial charge in [-0.2, -0.15) is 10.4 Å². The average molecular weight is 335 g/mol. The molecule has 0 aliphatic carbocycles. The van der Waals surface area contributed by atoms with E-state index in [1.807, 2.05) is 61.0 Å². The van der Waals surface area contributed by atoms with Gasteiger partial charge in [0.2, 0.25) is 0 Å². The summed E-state index contributed by atoms with van der Waals surface area (Å²) in [4.78, 5) is 0. The minimum atomic E-state index is 0.0214. The molecule has 0 unspecified atom stereocenters. The summed E-state index contributed by atoms with van der Waals surface area (Å²) in [5, 5.41) is 26.4. The van der Waals surface area contributed by atoms with E-state index in [0.29, 0.717) is 18.8 Å². The Morgan fingerprint density at radius 2 is 2.00 bits per heavy atom. The van der Waals surface area contributed by atoms with Crippen molar-refractivity contribution in [3.05, 3.63) is 59.4 Å². The zero-order valence-corrected chi connectivity index (χ0v) is 14.4. The molecule has 2 heterocycles. The maximum Gasteiger partial charge on any atom is 0.125 e. The summed E-state index contributed by atoms with van der Waals surface area (Å²) in [5.41, 5.74) is 4.66. The molecule has 0 atom stereocenters. The van der Waals surface area contributed by atoms with Gasteiger partial charge in [0.25, 0.3) is 0 Å². The lowest BCUT2D eigenvalue weighted by molar-refractivity contribution is 0.270. The average Bonchev–Trinajstić information content (AvgIpc) is 3.16. The summed E-state index contributed by atoms with van der Waals surface area (Å²) in [5.74, 6) is 0.842. The number of benzene rings is 1. The molecule has 1 aromatic carbocycles. The van der Waals surface area contributed by atoms with Crippen LogP contribution in [0.15, 0.2) is 42.5 Å². The molecule has 0 aliphatic rings. The summed E-state index contributed by atoms with van der Waals surface area (Å²) >= 11 is 0. The molecule has 3 rings (SSSR count). The number of aliphatic hydroxyl groups is 1. The smallest absolute Gasteiger partial charge is 0.125 e. The molecule has 0 spiro atoms. The van der Waals surface area contributed by atoms with Crippen LogP contribution in [-0.2, 0) is 20.1 Å². The molecule has 0 saturated heterocycles. The van der Waals surface area contributed by atoms with Crippen LogP contribution in [0, 0.1) is 18.3 Å². The number of nitrogens with one attached hydrogen (secondary N) is 1. The van der Waals surface area contributed by atoms with E-state index in [9.17, 15) is 5.11 Å². The van der Waals surface area contributed by atoms with E-state index < -0.39 is 0 Å². The quantitative estimate of drug-likeness (QED) is 0.726. The van der Waals surface area contributed by atoms with Crippen molar-refractivity contribution in [2.75, 3.05) is 11.9 Å². The van der Waals surface area contributed by atoms with E-state index in [-0.39, 0.29) is 6.61 Å². The van der Waals surface area contributed by atoms with Crippen LogP contribution in [0.25, 0.3) is 11.3 Å². The zero-order valence-electron chi connectivity index (χ0n) is 14.4. The van der Waals surface area contributed by atoms with Gasteiger partial charge in [0, 0.05) is 30.9 Å². The fourth-order valence-electron chi connectivity index (χ4n) is 2.81. The van der Waals surface area contributed by atoms with Crippen LogP contribution in [-0.4, -0.2) is 26.1 Å². The molecule has 0 saturated carbocycles. The number of hydrogen-bond acceptors (Lipinski definition) is 4. The summed E-state index contributed by atoms with van der Waals surface area (Å²) in [7, 11) is 1.89. The molecule has 6 heteroatoms. The van der Waals surface area contributed by atoms with Crippen molar-refractivity contribution >= 4 is 5.82 Å². The maximum atomic E-state index is 9.30. The molecule has 6 nitrogen and oxygen atoms in total. The molecule has 25 heavy (non-hydrogen) atoms. The van der Waals surface area contributed by atoms with E-state index in [1.54, 1.807) is 4.68 Å². The van der Waals surface area contributed by atoms with Gasteiger partial charge >= 0.3 is 0 Å². The Morgan fingerprint density at radius 1 is 1.24 bits per heavy atom. The summed E-state index contributed by atoms with van der Waals surface area (Å²) < 4.78 is 3.66. The van der Waals surface area contributed by atoms with E-state index in [1.165, 1.54) is 0 Å². The van der Waals surface area contributed by atoms with Crippen molar-refractivity contribution in [3.8, 4) is 17.3 Å². The molecular formula is C19H21N5O. The minimum Gasteiger partial charge on any atom is -0.394 e. The highest BCUT2D eigenvalue weighted by atomic mass is 16.3. The summed E-state index contributed by atoms with van der Waals surface area (Å²) in [6, 6.07) is 16.0. The first-order valence-electron chi connectivity index (χ1n) is 8.17. The van der Waals surface area contributed by atoms with Gasteiger partial charge in [0.1, 0.15) is 17.6 Å². The third kappa shape index (κ3) is 3.42. The Bertz CT molecular complexity index is 902. The second-order valence-electron chi connectivity index (χ2n) is 5.89. The number of anilines is 1. The second kappa shape index (κ2) is 7.24. The van der Waals surface area contributed by atoms with Gasteiger partial charge in [-0.3, -0.25) is 0 Å². The van der Waals surface area contributed by atoms with Crippen LogP contribution in [0.5, 0.6) is 0 Å². The van der Waals surface area contributed by atoms with Gasteiger partial charge < -0.3 is 15.0 Å². The van der Waals surface area contributed by atoms with Gasteiger partial charge in [0.15, 0.2) is 0 Å². The Hall–Kier alpha value is -3.04. The predicted octanol–water partition coefficient (Wildman–Crippen LogP) is 2.67. The first-order valence-corrected chi connectivity index (χ1v) is 8.17. The van der Waals surface area contributed by atoms with Crippen LogP contribution < -0.4 is 5.32 Å². The number of aromatic nitrogens is 3. The molecule has 2 aromatic heterocycles. The zero-order chi connectivity index (χ0) is 17.8. The van der Waals surface area contributed by atoms with Crippen LogP contribution in [0.1, 0.15) is 17.0 Å². The highest BCUT2D eigenvalue weighted by Gasteiger charge is 2.12. The number of nitriles is 1. The topological polar surface area (TPSA) is 78.8 Å². The molecular weight excluding hydrogens is 314 g/mol. The monoisotopic (exact) mass is 335 g/mol. The van der Waals surface area contributed by atoms with Gasteiger partial charge in [-0.15, -0.1) is 0 Å². The fourth-order valence-corrected chi connectivity index (χ4v) is 2.81. The normalized spacial score (nSPS) is 10.6. The molecule has 0 fully saturated rings. The van der Waals surface area contributed by atoms with Gasteiger partial charge in [-0.05, 0) is 18.6 Å². The van der Waals surface area contributed by atoms with Crippen LogP contribution in [0.3, 0.4) is 0 Å². The molecule has 0 amide bonds. The van der Waals surface area contributed by atoms with Crippen molar-refractivity contribution in [2.24, 2.45) is 7.05 Å². The van der Waals surface area contributed by atoms with Gasteiger partial charge in [-0.25, -0.2) is 4.68 Å². The molecule has 0 bridgehead atoms. The highest BCUT2D eigenvalue weighted by Crippen LogP contribution is 2.23. The van der Waals surface area contributed by atoms with Crippen molar-refractivity contribution in [3.63, 3.8) is 0 Å². The van der Waals surface area contributed by atoms with Crippen LogP contribution in [0.2, 0.25) is 0 Å². The van der Waals surface area contributed by atoms with Gasteiger partial charge in [-0.1, -0.05) is 30.3 Å². The minimum absolute atomic E-state index is 0.0214. The third-order valence-corrected chi connectivity index (χ3v) is 4.38. The number of rotatable bonds is 6. The first-order chi connectivity index (χ1) is 12.1. The lowest BCUT2D eigenvalue weighted by Crippen LogP contribution is -2.10. The van der Waals surface area contributed by atoms with Gasteiger partial charge in [0.05, 0.1) is 18.8 Å². The first kappa shape index (κ1) is 16.8. The van der Waals surface area contributed by atoms with E-state index in [4.69, 9.17) is 5.26 Å². The Kier molecular flexibility index (Phi) is 4.87. The summed E-state index contributed by atoms with van der Waals surface area (Å²) in [6.45, 7) is 3.03. The van der Waals surface area contributed by atoms with Crippen molar-refractivity contribution in [1.29, 1.82) is 5.26 Å². The highest BCUT2D eigenvalue weighted by molar-refractivity contribution is 5.63. The Labute approximate surface area is 146 Å². The molecule has 128 valence electrons. The summed E-state index contributed by atoms with van der Waals surface area (Å²) in [6.07, 6.45) is 0. The lowest BCUT2D eigenvalue weighted by atomic mass is 10.1.